The summed E-state index contributed by atoms with van der Waals surface area (Å²) in [6, 6.07) is 9.02. The molecule has 1 radical (unpaired) electrons. The summed E-state index contributed by atoms with van der Waals surface area (Å²) in [5.74, 6) is 2.03. The second kappa shape index (κ2) is 8.26. The molecule has 1 aliphatic carbocycles. The minimum atomic E-state index is -0.859. The second-order valence-electron chi connectivity index (χ2n) is 7.18. The Morgan fingerprint density at radius 3 is 2.50 bits per heavy atom. The fourth-order valence-electron chi connectivity index (χ4n) is 3.54. The predicted octanol–water partition coefficient (Wildman–Crippen LogP) is 5.40. The SMILES string of the molecule is CC[Si](Cc1ccc(F)cc1)O[C@H]1C[C@@H](C)CC[C@@H]1C(C)C. The van der Waals surface area contributed by atoms with E-state index in [1.165, 1.54) is 24.8 Å². The number of benzene rings is 1. The molecule has 3 atom stereocenters. The van der Waals surface area contributed by atoms with Crippen LogP contribution in [0.1, 0.15) is 52.5 Å². The van der Waals surface area contributed by atoms with E-state index < -0.39 is 9.04 Å². The molecule has 0 heterocycles. The Hall–Kier alpha value is -0.673. The van der Waals surface area contributed by atoms with Crippen LogP contribution in [-0.4, -0.2) is 15.1 Å². The lowest BCUT2D eigenvalue weighted by Gasteiger charge is -2.39. The van der Waals surface area contributed by atoms with Crippen molar-refractivity contribution in [2.75, 3.05) is 0 Å². The van der Waals surface area contributed by atoms with Crippen LogP contribution in [0.5, 0.6) is 0 Å². The van der Waals surface area contributed by atoms with Gasteiger partial charge in [0.1, 0.15) is 5.82 Å². The normalized spacial score (nSPS) is 25.9. The zero-order valence-electron chi connectivity index (χ0n) is 14.4. The summed E-state index contributed by atoms with van der Waals surface area (Å²) in [5.41, 5.74) is 1.21. The molecule has 0 aliphatic heterocycles. The smallest absolute Gasteiger partial charge is 0.216 e. The van der Waals surface area contributed by atoms with Gasteiger partial charge in [-0.25, -0.2) is 4.39 Å². The first kappa shape index (κ1) is 17.7. The van der Waals surface area contributed by atoms with Crippen LogP contribution < -0.4 is 0 Å². The quantitative estimate of drug-likeness (QED) is 0.638. The average molecular weight is 322 g/mol. The molecule has 3 heteroatoms. The molecule has 2 rings (SSSR count). The van der Waals surface area contributed by atoms with E-state index in [1.807, 2.05) is 12.1 Å². The molecule has 0 N–H and O–H groups in total. The van der Waals surface area contributed by atoms with Gasteiger partial charge < -0.3 is 4.43 Å². The van der Waals surface area contributed by atoms with Crippen LogP contribution in [0.25, 0.3) is 0 Å². The highest BCUT2D eigenvalue weighted by Crippen LogP contribution is 2.36. The molecule has 0 amide bonds. The summed E-state index contributed by atoms with van der Waals surface area (Å²) < 4.78 is 19.7. The van der Waals surface area contributed by atoms with Gasteiger partial charge in [-0.15, -0.1) is 0 Å². The van der Waals surface area contributed by atoms with Crippen molar-refractivity contribution < 1.29 is 8.82 Å². The van der Waals surface area contributed by atoms with Crippen LogP contribution in [0.3, 0.4) is 0 Å². The Bertz CT molecular complexity index is 445. The van der Waals surface area contributed by atoms with Gasteiger partial charge in [0, 0.05) is 6.10 Å². The van der Waals surface area contributed by atoms with Crippen molar-refractivity contribution in [1.29, 1.82) is 0 Å². The predicted molar refractivity (Wildman–Crippen MR) is 92.6 cm³/mol. The summed E-state index contributed by atoms with van der Waals surface area (Å²) >= 11 is 0. The Labute approximate surface area is 137 Å². The maximum atomic E-state index is 13.0. The molecule has 22 heavy (non-hydrogen) atoms. The van der Waals surface area contributed by atoms with Crippen molar-refractivity contribution in [3.63, 3.8) is 0 Å². The minimum Gasteiger partial charge on any atom is -0.413 e. The van der Waals surface area contributed by atoms with E-state index in [1.54, 1.807) is 12.1 Å². The Morgan fingerprint density at radius 2 is 1.91 bits per heavy atom. The fourth-order valence-corrected chi connectivity index (χ4v) is 5.43. The number of rotatable bonds is 6. The molecule has 0 spiro atoms. The molecule has 123 valence electrons. The van der Waals surface area contributed by atoms with Crippen LogP contribution in [0, 0.1) is 23.6 Å². The molecule has 1 nitrogen and oxygen atoms in total. The molecule has 1 aliphatic rings. The molecular weight excluding hydrogens is 291 g/mol. The number of hydrogen-bond donors (Lipinski definition) is 0. The summed E-state index contributed by atoms with van der Waals surface area (Å²) in [6.07, 6.45) is 4.28. The van der Waals surface area contributed by atoms with E-state index in [9.17, 15) is 4.39 Å². The first-order chi connectivity index (χ1) is 10.5. The van der Waals surface area contributed by atoms with Crippen molar-refractivity contribution in [2.24, 2.45) is 17.8 Å². The maximum Gasteiger partial charge on any atom is 0.216 e. The van der Waals surface area contributed by atoms with E-state index in [2.05, 4.69) is 27.7 Å². The first-order valence-electron chi connectivity index (χ1n) is 8.75. The lowest BCUT2D eigenvalue weighted by atomic mass is 9.75. The third kappa shape index (κ3) is 4.92. The highest BCUT2D eigenvalue weighted by Gasteiger charge is 2.33. The van der Waals surface area contributed by atoms with Crippen LogP contribution in [-0.2, 0) is 10.5 Å². The van der Waals surface area contributed by atoms with E-state index in [0.29, 0.717) is 17.9 Å². The monoisotopic (exact) mass is 321 g/mol. The summed E-state index contributed by atoms with van der Waals surface area (Å²) in [4.78, 5) is 0. The van der Waals surface area contributed by atoms with Gasteiger partial charge in [-0.3, -0.25) is 0 Å². The van der Waals surface area contributed by atoms with Crippen molar-refractivity contribution in [1.82, 2.24) is 0 Å². The van der Waals surface area contributed by atoms with Crippen LogP contribution >= 0.6 is 0 Å². The Morgan fingerprint density at radius 1 is 1.23 bits per heavy atom. The maximum absolute atomic E-state index is 13.0. The van der Waals surface area contributed by atoms with Gasteiger partial charge in [-0.2, -0.15) is 0 Å². The molecule has 0 saturated heterocycles. The van der Waals surface area contributed by atoms with Crippen molar-refractivity contribution in [3.8, 4) is 0 Å². The van der Waals surface area contributed by atoms with Gasteiger partial charge in [-0.1, -0.05) is 46.2 Å². The third-order valence-corrected chi connectivity index (χ3v) is 7.22. The van der Waals surface area contributed by atoms with Gasteiger partial charge in [-0.05, 0) is 60.4 Å². The molecule has 1 aromatic carbocycles. The highest BCUT2D eigenvalue weighted by molar-refractivity contribution is 6.51. The van der Waals surface area contributed by atoms with Gasteiger partial charge >= 0.3 is 0 Å². The Balaban J connectivity index is 1.99. The Kier molecular flexibility index (Phi) is 6.63. The zero-order chi connectivity index (χ0) is 16.1. The lowest BCUT2D eigenvalue weighted by molar-refractivity contribution is 0.0433. The summed E-state index contributed by atoms with van der Waals surface area (Å²) in [6.45, 7) is 9.24. The van der Waals surface area contributed by atoms with Crippen LogP contribution in [0.2, 0.25) is 6.04 Å². The molecule has 0 bridgehead atoms. The number of hydrogen-bond acceptors (Lipinski definition) is 1. The highest BCUT2D eigenvalue weighted by atomic mass is 28.3. The first-order valence-corrected chi connectivity index (χ1v) is 10.6. The third-order valence-electron chi connectivity index (χ3n) is 4.99. The lowest BCUT2D eigenvalue weighted by Crippen LogP contribution is -2.39. The molecule has 0 aromatic heterocycles. The van der Waals surface area contributed by atoms with Gasteiger partial charge in [0.25, 0.3) is 0 Å². The van der Waals surface area contributed by atoms with Gasteiger partial charge in [0.05, 0.1) is 0 Å². The number of halogens is 1. The standard InChI is InChI=1S/C19H30FOSi/c1-5-22(13-16-7-9-17(20)10-8-16)21-19-12-15(4)6-11-18(19)14(2)3/h7-10,14-15,18-19H,5-6,11-13H2,1-4H3/t15-,18+,19-/m0/s1. The second-order valence-corrected chi connectivity index (χ2v) is 9.55. The molecule has 0 unspecified atom stereocenters. The average Bonchev–Trinajstić information content (AvgIpc) is 2.48. The van der Waals surface area contributed by atoms with Crippen LogP contribution in [0.4, 0.5) is 4.39 Å². The summed E-state index contributed by atoms with van der Waals surface area (Å²) in [7, 11) is -0.859. The molecule has 1 fully saturated rings. The molecular formula is C19H30FOSi. The van der Waals surface area contributed by atoms with Crippen molar-refractivity contribution in [2.45, 2.75) is 65.1 Å². The molecule has 1 aromatic rings. The van der Waals surface area contributed by atoms with Crippen LogP contribution in [0.15, 0.2) is 24.3 Å². The van der Waals surface area contributed by atoms with Crippen molar-refractivity contribution in [3.05, 3.63) is 35.6 Å². The fraction of sp³-hybridized carbons (Fsp3) is 0.684. The zero-order valence-corrected chi connectivity index (χ0v) is 15.4. The van der Waals surface area contributed by atoms with E-state index >= 15 is 0 Å². The van der Waals surface area contributed by atoms with E-state index in [4.69, 9.17) is 4.43 Å². The van der Waals surface area contributed by atoms with E-state index in [-0.39, 0.29) is 5.82 Å². The largest absolute Gasteiger partial charge is 0.413 e. The molecule has 1 saturated carbocycles. The minimum absolute atomic E-state index is 0.157. The summed E-state index contributed by atoms with van der Waals surface area (Å²) in [5, 5.41) is 0. The van der Waals surface area contributed by atoms with Gasteiger partial charge in [0.2, 0.25) is 9.04 Å². The van der Waals surface area contributed by atoms with Crippen molar-refractivity contribution >= 4 is 9.04 Å². The van der Waals surface area contributed by atoms with E-state index in [0.717, 1.165) is 18.0 Å². The topological polar surface area (TPSA) is 9.23 Å². The van der Waals surface area contributed by atoms with Gasteiger partial charge in [0.15, 0.2) is 0 Å².